The van der Waals surface area contributed by atoms with Crippen LogP contribution in [0.5, 0.6) is 0 Å². The van der Waals surface area contributed by atoms with Crippen molar-refractivity contribution in [3.8, 4) is 27.9 Å². The lowest BCUT2D eigenvalue weighted by Crippen LogP contribution is -2.16. The minimum atomic E-state index is -0.0639. The van der Waals surface area contributed by atoms with Crippen LogP contribution in [-0.4, -0.2) is 4.57 Å². The summed E-state index contributed by atoms with van der Waals surface area (Å²) in [4.78, 5) is 2.37. The van der Waals surface area contributed by atoms with Crippen LogP contribution in [0.3, 0.4) is 0 Å². The zero-order chi connectivity index (χ0) is 31.5. The predicted octanol–water partition coefficient (Wildman–Crippen LogP) is 12.2. The molecule has 47 heavy (non-hydrogen) atoms. The third kappa shape index (κ3) is 4.26. The van der Waals surface area contributed by atoms with Crippen molar-refractivity contribution in [2.24, 2.45) is 0 Å². The van der Waals surface area contributed by atoms with Crippen molar-refractivity contribution in [1.82, 2.24) is 4.57 Å². The monoisotopic (exact) mass is 602 g/mol. The van der Waals surface area contributed by atoms with E-state index in [2.05, 4.69) is 193 Å². The van der Waals surface area contributed by atoms with Crippen molar-refractivity contribution in [3.05, 3.63) is 181 Å². The first kappa shape index (κ1) is 27.5. The first-order valence-corrected chi connectivity index (χ1v) is 16.4. The maximum absolute atomic E-state index is 2.37. The van der Waals surface area contributed by atoms with Gasteiger partial charge in [0.2, 0.25) is 0 Å². The number of fused-ring (bicyclic) bond motifs is 6. The van der Waals surface area contributed by atoms with E-state index in [1.165, 1.54) is 60.9 Å². The zero-order valence-electron chi connectivity index (χ0n) is 26.6. The molecule has 0 aliphatic heterocycles. The Morgan fingerprint density at radius 2 is 1.04 bits per heavy atom. The van der Waals surface area contributed by atoms with E-state index in [4.69, 9.17) is 0 Å². The fraction of sp³-hybridized carbons (Fsp3) is 0.0667. The van der Waals surface area contributed by atoms with Gasteiger partial charge in [-0.2, -0.15) is 0 Å². The summed E-state index contributed by atoms with van der Waals surface area (Å²) in [5.41, 5.74) is 14.9. The Bertz CT molecular complexity index is 2420. The quantitative estimate of drug-likeness (QED) is 0.190. The Kier molecular flexibility index (Phi) is 6.20. The first-order chi connectivity index (χ1) is 23.1. The molecule has 0 unspecified atom stereocenters. The largest absolute Gasteiger partial charge is 0.310 e. The average Bonchev–Trinajstić information content (AvgIpc) is 3.58. The number of anilines is 3. The normalized spacial score (nSPS) is 13.1. The first-order valence-electron chi connectivity index (χ1n) is 16.4. The summed E-state index contributed by atoms with van der Waals surface area (Å²) in [5.74, 6) is 0. The lowest BCUT2D eigenvalue weighted by atomic mass is 9.79. The second-order valence-electron chi connectivity index (χ2n) is 13.0. The Morgan fingerprint density at radius 1 is 0.447 bits per heavy atom. The fourth-order valence-electron chi connectivity index (χ4n) is 7.86. The maximum atomic E-state index is 2.37. The third-order valence-corrected chi connectivity index (χ3v) is 9.96. The molecule has 1 aliphatic carbocycles. The second-order valence-corrected chi connectivity index (χ2v) is 13.0. The number of rotatable bonds is 5. The zero-order valence-corrected chi connectivity index (χ0v) is 26.6. The molecule has 0 atom stereocenters. The van der Waals surface area contributed by atoms with E-state index in [0.717, 1.165) is 17.1 Å². The molecule has 0 amide bonds. The van der Waals surface area contributed by atoms with Crippen LogP contribution in [0.1, 0.15) is 25.0 Å². The number of hydrogen-bond donors (Lipinski definition) is 0. The van der Waals surface area contributed by atoms with Gasteiger partial charge in [0, 0.05) is 38.9 Å². The topological polar surface area (TPSA) is 8.17 Å². The molecule has 0 saturated heterocycles. The van der Waals surface area contributed by atoms with Crippen LogP contribution >= 0.6 is 0 Å². The highest BCUT2D eigenvalue weighted by Gasteiger charge is 2.37. The van der Waals surface area contributed by atoms with Crippen LogP contribution in [-0.2, 0) is 5.41 Å². The van der Waals surface area contributed by atoms with E-state index in [0.29, 0.717) is 0 Å². The summed E-state index contributed by atoms with van der Waals surface area (Å²) in [6, 6.07) is 61.7. The molecule has 9 rings (SSSR count). The molecule has 2 nitrogen and oxygen atoms in total. The van der Waals surface area contributed by atoms with Gasteiger partial charge in [-0.05, 0) is 94.0 Å². The summed E-state index contributed by atoms with van der Waals surface area (Å²) in [7, 11) is 0. The summed E-state index contributed by atoms with van der Waals surface area (Å²) < 4.78 is 2.37. The van der Waals surface area contributed by atoms with E-state index in [1.54, 1.807) is 0 Å². The van der Waals surface area contributed by atoms with Gasteiger partial charge in [-0.1, -0.05) is 123 Å². The number of nitrogens with zero attached hydrogens (tertiary/aromatic N) is 2. The van der Waals surface area contributed by atoms with Gasteiger partial charge in [0.15, 0.2) is 0 Å². The van der Waals surface area contributed by atoms with Crippen molar-refractivity contribution in [2.45, 2.75) is 19.3 Å². The van der Waals surface area contributed by atoms with E-state index >= 15 is 0 Å². The Hall–Kier alpha value is -5.86. The Balaban J connectivity index is 1.18. The highest BCUT2D eigenvalue weighted by molar-refractivity contribution is 6.10. The average molecular weight is 603 g/mol. The fourth-order valence-corrected chi connectivity index (χ4v) is 7.86. The van der Waals surface area contributed by atoms with Crippen molar-refractivity contribution >= 4 is 38.9 Å². The molecular formula is C45H34N2. The van der Waals surface area contributed by atoms with Crippen LogP contribution in [0.25, 0.3) is 49.7 Å². The standard InChI is InChI=1S/C45H34N2/c1-45(2)41-22-11-9-18-37(41)39-21-13-20-36(44(39)45)31-24-26-34(27-25-31)46(32-14-5-3-6-15-32)35-28-29-43-40(30-35)38-19-10-12-23-42(38)47(43)33-16-7-4-8-17-33/h3-30H,1-2H3. The van der Waals surface area contributed by atoms with Crippen molar-refractivity contribution in [3.63, 3.8) is 0 Å². The predicted molar refractivity (Wildman–Crippen MR) is 198 cm³/mol. The molecule has 0 bridgehead atoms. The molecular weight excluding hydrogens is 569 g/mol. The van der Waals surface area contributed by atoms with Crippen molar-refractivity contribution in [1.29, 1.82) is 0 Å². The van der Waals surface area contributed by atoms with E-state index in [-0.39, 0.29) is 5.41 Å². The molecule has 0 radical (unpaired) electrons. The Labute approximate surface area is 275 Å². The summed E-state index contributed by atoms with van der Waals surface area (Å²) in [6.45, 7) is 4.72. The van der Waals surface area contributed by atoms with Gasteiger partial charge in [-0.15, -0.1) is 0 Å². The molecule has 1 aliphatic rings. The smallest absolute Gasteiger partial charge is 0.0542 e. The van der Waals surface area contributed by atoms with Gasteiger partial charge in [-0.25, -0.2) is 0 Å². The van der Waals surface area contributed by atoms with Crippen LogP contribution in [0.15, 0.2) is 170 Å². The maximum Gasteiger partial charge on any atom is 0.0542 e. The number of hydrogen-bond acceptors (Lipinski definition) is 1. The molecule has 0 saturated carbocycles. The molecule has 0 fully saturated rings. The van der Waals surface area contributed by atoms with Gasteiger partial charge >= 0.3 is 0 Å². The van der Waals surface area contributed by atoms with Gasteiger partial charge in [-0.3, -0.25) is 0 Å². The summed E-state index contributed by atoms with van der Waals surface area (Å²) >= 11 is 0. The molecule has 8 aromatic rings. The minimum Gasteiger partial charge on any atom is -0.310 e. The highest BCUT2D eigenvalue weighted by Crippen LogP contribution is 2.52. The van der Waals surface area contributed by atoms with Crippen LogP contribution < -0.4 is 4.90 Å². The summed E-state index contributed by atoms with van der Waals surface area (Å²) in [6.07, 6.45) is 0. The van der Waals surface area contributed by atoms with Gasteiger partial charge in [0.05, 0.1) is 11.0 Å². The number of para-hydroxylation sites is 3. The minimum absolute atomic E-state index is 0.0639. The molecule has 1 heterocycles. The number of benzene rings is 7. The molecule has 7 aromatic carbocycles. The van der Waals surface area contributed by atoms with Gasteiger partial charge in [0.25, 0.3) is 0 Å². The molecule has 224 valence electrons. The second kappa shape index (κ2) is 10.6. The third-order valence-electron chi connectivity index (χ3n) is 9.96. The van der Waals surface area contributed by atoms with E-state index in [9.17, 15) is 0 Å². The lowest BCUT2D eigenvalue weighted by molar-refractivity contribution is 0.662. The molecule has 0 N–H and O–H groups in total. The van der Waals surface area contributed by atoms with E-state index < -0.39 is 0 Å². The van der Waals surface area contributed by atoms with Gasteiger partial charge in [0.1, 0.15) is 0 Å². The van der Waals surface area contributed by atoms with Gasteiger partial charge < -0.3 is 9.47 Å². The van der Waals surface area contributed by atoms with Crippen molar-refractivity contribution in [2.75, 3.05) is 4.90 Å². The van der Waals surface area contributed by atoms with E-state index in [1.807, 2.05) is 0 Å². The van der Waals surface area contributed by atoms with Crippen LogP contribution in [0.2, 0.25) is 0 Å². The SMILES string of the molecule is CC1(C)c2ccccc2-c2cccc(-c3ccc(N(c4ccccc4)c4ccc5c(c4)c4ccccc4n5-c4ccccc4)cc3)c21. The molecule has 2 heteroatoms. The Morgan fingerprint density at radius 3 is 1.85 bits per heavy atom. The number of aromatic nitrogens is 1. The van der Waals surface area contributed by atoms with Crippen LogP contribution in [0, 0.1) is 0 Å². The molecule has 1 aromatic heterocycles. The lowest BCUT2D eigenvalue weighted by Gasteiger charge is -2.27. The highest BCUT2D eigenvalue weighted by atomic mass is 15.1. The summed E-state index contributed by atoms with van der Waals surface area (Å²) in [5, 5.41) is 2.49. The van der Waals surface area contributed by atoms with Crippen molar-refractivity contribution < 1.29 is 0 Å². The molecule has 0 spiro atoms. The van der Waals surface area contributed by atoms with Crippen LogP contribution in [0.4, 0.5) is 17.1 Å².